The first-order valence-electron chi connectivity index (χ1n) is 8.61. The van der Waals surface area contributed by atoms with E-state index in [0.717, 1.165) is 18.2 Å². The predicted octanol–water partition coefficient (Wildman–Crippen LogP) is 4.25. The molecule has 1 fully saturated rings. The van der Waals surface area contributed by atoms with Crippen LogP contribution in [0.25, 0.3) is 0 Å². The molecule has 0 bridgehead atoms. The molecule has 0 unspecified atom stereocenters. The molecule has 1 aliphatic rings. The van der Waals surface area contributed by atoms with E-state index in [4.69, 9.17) is 0 Å². The van der Waals surface area contributed by atoms with Gasteiger partial charge in [0.05, 0.1) is 0 Å². The van der Waals surface area contributed by atoms with Gasteiger partial charge in [-0.3, -0.25) is 0 Å². The van der Waals surface area contributed by atoms with Gasteiger partial charge in [-0.25, -0.2) is 9.97 Å². The van der Waals surface area contributed by atoms with E-state index >= 15 is 0 Å². The zero-order valence-corrected chi connectivity index (χ0v) is 14.1. The highest BCUT2D eigenvalue weighted by Crippen LogP contribution is 2.24. The lowest BCUT2D eigenvalue weighted by Gasteiger charge is -2.28. The number of nitrogens with one attached hydrogen (secondary N) is 1. The quantitative estimate of drug-likeness (QED) is 0.866. The van der Waals surface area contributed by atoms with Gasteiger partial charge in [-0.2, -0.15) is 0 Å². The van der Waals surface area contributed by atoms with Crippen molar-refractivity contribution in [2.45, 2.75) is 58.2 Å². The molecule has 122 valence electrons. The fourth-order valence-electron chi connectivity index (χ4n) is 3.17. The SMILES string of the molecule is CC(C)N(Cc1ccccc1)c1cc(NC2CCCC2)ncn1. The van der Waals surface area contributed by atoms with E-state index in [0.29, 0.717) is 12.1 Å². The second-order valence-electron chi connectivity index (χ2n) is 6.59. The molecule has 0 atom stereocenters. The van der Waals surface area contributed by atoms with Crippen LogP contribution in [0, 0.1) is 0 Å². The molecular formula is C19H26N4. The summed E-state index contributed by atoms with van der Waals surface area (Å²) in [5, 5.41) is 3.56. The fraction of sp³-hybridized carbons (Fsp3) is 0.474. The van der Waals surface area contributed by atoms with E-state index in [-0.39, 0.29) is 0 Å². The molecule has 23 heavy (non-hydrogen) atoms. The number of nitrogens with zero attached hydrogens (tertiary/aromatic N) is 3. The van der Waals surface area contributed by atoms with Gasteiger partial charge in [0.2, 0.25) is 0 Å². The van der Waals surface area contributed by atoms with Gasteiger partial charge in [-0.05, 0) is 32.3 Å². The van der Waals surface area contributed by atoms with Gasteiger partial charge >= 0.3 is 0 Å². The Bertz CT molecular complexity index is 606. The number of benzene rings is 1. The second-order valence-corrected chi connectivity index (χ2v) is 6.59. The summed E-state index contributed by atoms with van der Waals surface area (Å²) >= 11 is 0. The smallest absolute Gasteiger partial charge is 0.134 e. The Labute approximate surface area is 139 Å². The van der Waals surface area contributed by atoms with Crippen molar-refractivity contribution in [3.8, 4) is 0 Å². The minimum absolute atomic E-state index is 0.379. The lowest BCUT2D eigenvalue weighted by molar-refractivity contribution is 0.670. The van der Waals surface area contributed by atoms with Crippen molar-refractivity contribution in [1.29, 1.82) is 0 Å². The normalized spacial score (nSPS) is 15.1. The molecule has 0 aliphatic heterocycles. The molecule has 0 spiro atoms. The highest BCUT2D eigenvalue weighted by molar-refractivity contribution is 5.50. The van der Waals surface area contributed by atoms with E-state index < -0.39 is 0 Å². The van der Waals surface area contributed by atoms with Gasteiger partial charge in [0.25, 0.3) is 0 Å². The first kappa shape index (κ1) is 15.8. The van der Waals surface area contributed by atoms with Gasteiger partial charge in [0.1, 0.15) is 18.0 Å². The van der Waals surface area contributed by atoms with Crippen LogP contribution < -0.4 is 10.2 Å². The van der Waals surface area contributed by atoms with Crippen molar-refractivity contribution in [2.24, 2.45) is 0 Å². The maximum Gasteiger partial charge on any atom is 0.134 e. The Morgan fingerprint density at radius 1 is 1.13 bits per heavy atom. The summed E-state index contributed by atoms with van der Waals surface area (Å²) < 4.78 is 0. The maximum absolute atomic E-state index is 4.51. The maximum atomic E-state index is 4.51. The fourth-order valence-corrected chi connectivity index (χ4v) is 3.17. The molecule has 1 heterocycles. The number of anilines is 2. The molecular weight excluding hydrogens is 284 g/mol. The van der Waals surface area contributed by atoms with E-state index in [1.165, 1.54) is 31.2 Å². The standard InChI is InChI=1S/C19H26N4/c1-15(2)23(13-16-8-4-3-5-9-16)19-12-18(20-14-21-19)22-17-10-6-7-11-17/h3-5,8-9,12,14-15,17H,6-7,10-11,13H2,1-2H3,(H,20,21,22). The van der Waals surface area contributed by atoms with Gasteiger partial charge < -0.3 is 10.2 Å². The minimum atomic E-state index is 0.379. The van der Waals surface area contributed by atoms with Crippen LogP contribution in [0.1, 0.15) is 45.1 Å². The number of hydrogen-bond acceptors (Lipinski definition) is 4. The molecule has 0 saturated heterocycles. The van der Waals surface area contributed by atoms with Gasteiger partial charge in [0, 0.05) is 24.7 Å². The summed E-state index contributed by atoms with van der Waals surface area (Å²) in [6.07, 6.45) is 6.81. The molecule has 1 aromatic carbocycles. The lowest BCUT2D eigenvalue weighted by atomic mass is 10.2. The number of rotatable bonds is 6. The second kappa shape index (κ2) is 7.44. The van der Waals surface area contributed by atoms with Crippen LogP contribution >= 0.6 is 0 Å². The Hall–Kier alpha value is -2.10. The molecule has 1 aliphatic carbocycles. The van der Waals surface area contributed by atoms with Gasteiger partial charge in [-0.1, -0.05) is 43.2 Å². The third-order valence-electron chi connectivity index (χ3n) is 4.47. The summed E-state index contributed by atoms with van der Waals surface area (Å²) in [4.78, 5) is 11.2. The van der Waals surface area contributed by atoms with Crippen LogP contribution in [0.3, 0.4) is 0 Å². The molecule has 0 amide bonds. The van der Waals surface area contributed by atoms with Crippen molar-refractivity contribution >= 4 is 11.6 Å². The molecule has 4 nitrogen and oxygen atoms in total. The first-order valence-corrected chi connectivity index (χ1v) is 8.61. The van der Waals surface area contributed by atoms with Crippen molar-refractivity contribution < 1.29 is 0 Å². The van der Waals surface area contributed by atoms with Crippen LogP contribution in [0.2, 0.25) is 0 Å². The number of aromatic nitrogens is 2. The molecule has 1 saturated carbocycles. The van der Waals surface area contributed by atoms with Crippen molar-refractivity contribution in [2.75, 3.05) is 10.2 Å². The Morgan fingerprint density at radius 2 is 1.87 bits per heavy atom. The van der Waals surface area contributed by atoms with Gasteiger partial charge in [0.15, 0.2) is 0 Å². The summed E-state index contributed by atoms with van der Waals surface area (Å²) in [7, 11) is 0. The third kappa shape index (κ3) is 4.21. The topological polar surface area (TPSA) is 41.0 Å². The summed E-state index contributed by atoms with van der Waals surface area (Å²) in [6, 6.07) is 13.6. The van der Waals surface area contributed by atoms with E-state index in [1.54, 1.807) is 6.33 Å². The van der Waals surface area contributed by atoms with E-state index in [9.17, 15) is 0 Å². The predicted molar refractivity (Wildman–Crippen MR) is 95.7 cm³/mol. The Kier molecular flexibility index (Phi) is 5.11. The van der Waals surface area contributed by atoms with Crippen molar-refractivity contribution in [3.63, 3.8) is 0 Å². The average molecular weight is 310 g/mol. The highest BCUT2D eigenvalue weighted by Gasteiger charge is 2.17. The van der Waals surface area contributed by atoms with Crippen LogP contribution in [0.5, 0.6) is 0 Å². The molecule has 1 aromatic heterocycles. The monoisotopic (exact) mass is 310 g/mol. The van der Waals surface area contributed by atoms with Crippen LogP contribution in [-0.4, -0.2) is 22.1 Å². The molecule has 3 rings (SSSR count). The molecule has 4 heteroatoms. The summed E-state index contributed by atoms with van der Waals surface area (Å²) in [5.41, 5.74) is 1.30. The minimum Gasteiger partial charge on any atom is -0.367 e. The van der Waals surface area contributed by atoms with Crippen molar-refractivity contribution in [1.82, 2.24) is 9.97 Å². The zero-order valence-electron chi connectivity index (χ0n) is 14.1. The lowest BCUT2D eigenvalue weighted by Crippen LogP contribution is -2.31. The molecule has 2 aromatic rings. The first-order chi connectivity index (χ1) is 11.2. The van der Waals surface area contributed by atoms with E-state index in [2.05, 4.69) is 70.4 Å². The summed E-state index contributed by atoms with van der Waals surface area (Å²) in [6.45, 7) is 5.27. The Morgan fingerprint density at radius 3 is 2.57 bits per heavy atom. The van der Waals surface area contributed by atoms with Crippen LogP contribution in [0.15, 0.2) is 42.7 Å². The molecule has 1 N–H and O–H groups in total. The van der Waals surface area contributed by atoms with E-state index in [1.807, 2.05) is 0 Å². The van der Waals surface area contributed by atoms with Crippen molar-refractivity contribution in [3.05, 3.63) is 48.3 Å². The Balaban J connectivity index is 1.76. The van der Waals surface area contributed by atoms with Crippen LogP contribution in [-0.2, 0) is 6.54 Å². The summed E-state index contributed by atoms with van der Waals surface area (Å²) in [5.74, 6) is 1.93. The van der Waals surface area contributed by atoms with Gasteiger partial charge in [-0.15, -0.1) is 0 Å². The number of hydrogen-bond donors (Lipinski definition) is 1. The highest BCUT2D eigenvalue weighted by atomic mass is 15.2. The van der Waals surface area contributed by atoms with Crippen LogP contribution in [0.4, 0.5) is 11.6 Å². The average Bonchev–Trinajstić information content (AvgIpc) is 3.06. The third-order valence-corrected chi connectivity index (χ3v) is 4.47. The molecule has 0 radical (unpaired) electrons. The largest absolute Gasteiger partial charge is 0.367 e. The zero-order chi connectivity index (χ0) is 16.1.